The van der Waals surface area contributed by atoms with Crippen molar-refractivity contribution in [3.8, 4) is 0 Å². The van der Waals surface area contributed by atoms with Gasteiger partial charge in [-0.25, -0.2) is 17.0 Å². The molecule has 3 N–H and O–H groups in total. The molecular formula is C17H16Cl2FN3O3S2. The second-order valence-corrected chi connectivity index (χ2v) is 9.78. The van der Waals surface area contributed by atoms with E-state index in [2.05, 4.69) is 14.4 Å². The van der Waals surface area contributed by atoms with Gasteiger partial charge in [-0.15, -0.1) is 0 Å². The minimum absolute atomic E-state index is 0.118. The highest BCUT2D eigenvalue weighted by Gasteiger charge is 2.16. The number of nitrogens with one attached hydrogen (secondary N) is 3. The van der Waals surface area contributed by atoms with Crippen molar-refractivity contribution < 1.29 is 17.0 Å². The minimum atomic E-state index is -3.63. The Morgan fingerprint density at radius 2 is 1.86 bits per heavy atom. The van der Waals surface area contributed by atoms with Crippen LogP contribution in [-0.2, 0) is 21.0 Å². The van der Waals surface area contributed by atoms with Gasteiger partial charge in [-0.05, 0) is 36.8 Å². The van der Waals surface area contributed by atoms with Crippen molar-refractivity contribution in [2.45, 2.75) is 18.2 Å². The lowest BCUT2D eigenvalue weighted by atomic mass is 10.2. The molecule has 0 aliphatic rings. The molecule has 28 heavy (non-hydrogen) atoms. The highest BCUT2D eigenvalue weighted by Crippen LogP contribution is 2.35. The van der Waals surface area contributed by atoms with Crippen LogP contribution in [0, 0.1) is 5.82 Å². The molecule has 1 atom stereocenters. The van der Waals surface area contributed by atoms with E-state index >= 15 is 0 Å². The molecule has 0 aliphatic heterocycles. The molecule has 11 heteroatoms. The summed E-state index contributed by atoms with van der Waals surface area (Å²) in [6.07, 6.45) is 1.96. The van der Waals surface area contributed by atoms with Gasteiger partial charge in [0, 0.05) is 11.6 Å². The summed E-state index contributed by atoms with van der Waals surface area (Å²) in [4.78, 5) is 3.08. The largest absolute Gasteiger partial charge is 0.358 e. The third-order valence-electron chi connectivity index (χ3n) is 3.83. The predicted molar refractivity (Wildman–Crippen MR) is 112 cm³/mol. The first-order valence-electron chi connectivity index (χ1n) is 8.15. The molecular weight excluding hydrogens is 448 g/mol. The van der Waals surface area contributed by atoms with Crippen molar-refractivity contribution in [1.29, 1.82) is 0 Å². The first-order chi connectivity index (χ1) is 13.2. The first-order valence-corrected chi connectivity index (χ1v) is 11.7. The summed E-state index contributed by atoms with van der Waals surface area (Å²) < 4.78 is 55.5. The van der Waals surface area contributed by atoms with E-state index in [0.717, 1.165) is 6.07 Å². The number of fused-ring (bicyclic) bond motifs is 1. The number of hydrogen-bond acceptors (Lipinski definition) is 3. The summed E-state index contributed by atoms with van der Waals surface area (Å²) in [5.41, 5.74) is 0.840. The van der Waals surface area contributed by atoms with E-state index in [4.69, 9.17) is 23.2 Å². The number of anilines is 2. The summed E-state index contributed by atoms with van der Waals surface area (Å²) in [5.74, 6) is -0.941. The maximum Gasteiger partial charge on any atom is 0.232 e. The molecule has 0 saturated heterocycles. The molecule has 3 aromatic rings. The summed E-state index contributed by atoms with van der Waals surface area (Å²) >= 11 is 12.2. The van der Waals surface area contributed by atoms with Crippen LogP contribution < -0.4 is 9.44 Å². The highest BCUT2D eigenvalue weighted by molar-refractivity contribution is 7.92. The Morgan fingerprint density at radius 3 is 2.54 bits per heavy atom. The van der Waals surface area contributed by atoms with Crippen molar-refractivity contribution in [2.24, 2.45) is 0 Å². The molecule has 150 valence electrons. The standard InChI is InChI=1S/C17H16Cl2FN3O3S2/c1-2-7-28(25,26)23-14-5-3-10(8-13(14)20)27(24)22-15-6-4-11(18)16-12(19)9-21-17(15)16/h3-6,8-9,21-23H,2,7H2,1H3. The Bertz CT molecular complexity index is 1170. The van der Waals surface area contributed by atoms with Gasteiger partial charge >= 0.3 is 0 Å². The van der Waals surface area contributed by atoms with E-state index in [1.54, 1.807) is 25.3 Å². The van der Waals surface area contributed by atoms with Gasteiger partial charge in [0.25, 0.3) is 0 Å². The molecule has 0 spiro atoms. The van der Waals surface area contributed by atoms with Crippen molar-refractivity contribution in [1.82, 2.24) is 4.98 Å². The molecule has 6 nitrogen and oxygen atoms in total. The number of benzene rings is 2. The zero-order valence-electron chi connectivity index (χ0n) is 14.6. The van der Waals surface area contributed by atoms with E-state index in [1.807, 2.05) is 0 Å². The lowest BCUT2D eigenvalue weighted by Gasteiger charge is -2.11. The molecule has 0 bridgehead atoms. The van der Waals surface area contributed by atoms with Crippen LogP contribution in [0.25, 0.3) is 10.9 Å². The number of rotatable bonds is 7. The fraction of sp³-hybridized carbons (Fsp3) is 0.176. The Kier molecular flexibility index (Phi) is 6.18. The summed E-state index contributed by atoms with van der Waals surface area (Å²) in [5, 5.41) is 1.44. The van der Waals surface area contributed by atoms with Gasteiger partial charge in [0.1, 0.15) is 16.8 Å². The summed E-state index contributed by atoms with van der Waals surface area (Å²) in [6, 6.07) is 6.86. The second kappa shape index (κ2) is 8.28. The Hall–Kier alpha value is -1.81. The predicted octanol–water partition coefficient (Wildman–Crippen LogP) is 4.90. The van der Waals surface area contributed by atoms with Gasteiger partial charge in [0.15, 0.2) is 0 Å². The molecule has 0 radical (unpaired) electrons. The minimum Gasteiger partial charge on any atom is -0.358 e. The Morgan fingerprint density at radius 1 is 1.14 bits per heavy atom. The quantitative estimate of drug-likeness (QED) is 0.465. The zero-order valence-corrected chi connectivity index (χ0v) is 17.7. The van der Waals surface area contributed by atoms with E-state index < -0.39 is 26.8 Å². The topological polar surface area (TPSA) is 91.1 Å². The Labute approximate surface area is 174 Å². The number of aromatic nitrogens is 1. The van der Waals surface area contributed by atoms with Crippen molar-refractivity contribution in [2.75, 3.05) is 15.2 Å². The number of hydrogen-bond donors (Lipinski definition) is 3. The molecule has 1 aromatic heterocycles. The fourth-order valence-corrected chi connectivity index (χ4v) is 5.18. The van der Waals surface area contributed by atoms with Gasteiger partial charge in [-0.3, -0.25) is 9.44 Å². The van der Waals surface area contributed by atoms with Gasteiger partial charge in [0.2, 0.25) is 10.0 Å². The third-order valence-corrected chi connectivity index (χ3v) is 7.01. The first kappa shape index (κ1) is 20.9. The van der Waals surface area contributed by atoms with E-state index in [9.17, 15) is 17.0 Å². The number of sulfonamides is 1. The summed E-state index contributed by atoms with van der Waals surface area (Å²) in [6.45, 7) is 1.71. The van der Waals surface area contributed by atoms with E-state index in [1.165, 1.54) is 12.1 Å². The Balaban J connectivity index is 1.84. The van der Waals surface area contributed by atoms with Crippen LogP contribution in [0.4, 0.5) is 15.8 Å². The van der Waals surface area contributed by atoms with Crippen LogP contribution in [0.5, 0.6) is 0 Å². The van der Waals surface area contributed by atoms with Crippen molar-refractivity contribution in [3.05, 3.63) is 52.4 Å². The van der Waals surface area contributed by atoms with Crippen molar-refractivity contribution in [3.63, 3.8) is 0 Å². The van der Waals surface area contributed by atoms with E-state index in [0.29, 0.717) is 33.1 Å². The monoisotopic (exact) mass is 463 g/mol. The van der Waals surface area contributed by atoms with E-state index in [-0.39, 0.29) is 16.3 Å². The average molecular weight is 464 g/mol. The smallest absolute Gasteiger partial charge is 0.232 e. The molecule has 0 fully saturated rings. The number of H-pyrrole nitrogens is 1. The van der Waals surface area contributed by atoms with Gasteiger partial charge in [-0.1, -0.05) is 30.1 Å². The maximum absolute atomic E-state index is 14.3. The fourth-order valence-electron chi connectivity index (χ4n) is 2.59. The normalized spacial score (nSPS) is 12.9. The van der Waals surface area contributed by atoms with Crippen molar-refractivity contribution >= 4 is 66.5 Å². The van der Waals surface area contributed by atoms with Crippen LogP contribution in [-0.4, -0.2) is 23.4 Å². The van der Waals surface area contributed by atoms with Gasteiger partial charge < -0.3 is 4.98 Å². The lowest BCUT2D eigenvalue weighted by molar-refractivity contribution is 0.597. The second-order valence-electron chi connectivity index (χ2n) is 5.91. The average Bonchev–Trinajstić information content (AvgIpc) is 3.01. The molecule has 0 amide bonds. The highest BCUT2D eigenvalue weighted by atomic mass is 35.5. The van der Waals surface area contributed by atoms with Crippen LogP contribution in [0.1, 0.15) is 13.3 Å². The third kappa shape index (κ3) is 4.43. The van der Waals surface area contributed by atoms with Gasteiger partial charge in [-0.2, -0.15) is 0 Å². The van der Waals surface area contributed by atoms with Crippen LogP contribution in [0.3, 0.4) is 0 Å². The van der Waals surface area contributed by atoms with Crippen LogP contribution >= 0.6 is 23.2 Å². The zero-order chi connectivity index (χ0) is 20.5. The molecule has 3 rings (SSSR count). The lowest BCUT2D eigenvalue weighted by Crippen LogP contribution is -2.17. The van der Waals surface area contributed by atoms with Gasteiger partial charge in [0.05, 0.1) is 37.6 Å². The molecule has 2 aromatic carbocycles. The molecule has 1 unspecified atom stereocenters. The SMILES string of the molecule is CCCS(=O)(=O)Nc1ccc(S(=O)Nc2ccc(Cl)c3c(Cl)c[nH]c23)cc1F. The summed E-state index contributed by atoms with van der Waals surface area (Å²) in [7, 11) is -5.43. The van der Waals surface area contributed by atoms with Crippen LogP contribution in [0.2, 0.25) is 10.0 Å². The van der Waals surface area contributed by atoms with Crippen LogP contribution in [0.15, 0.2) is 41.4 Å². The molecule has 1 heterocycles. The molecule has 0 aliphatic carbocycles. The number of halogens is 3. The molecule has 0 saturated carbocycles. The number of aromatic amines is 1. The maximum atomic E-state index is 14.3.